The summed E-state index contributed by atoms with van der Waals surface area (Å²) in [5.41, 5.74) is -0.274. The van der Waals surface area contributed by atoms with Crippen LogP contribution in [0.2, 0.25) is 0 Å². The number of ether oxygens (including phenoxy) is 1. The highest BCUT2D eigenvalue weighted by atomic mass is 16.6. The summed E-state index contributed by atoms with van der Waals surface area (Å²) < 4.78 is 11.1. The molecule has 1 aliphatic heterocycles. The number of fused-ring (bicyclic) bond motifs is 1. The van der Waals surface area contributed by atoms with Gasteiger partial charge in [-0.1, -0.05) is 0 Å². The van der Waals surface area contributed by atoms with E-state index in [1.54, 1.807) is 20.8 Å². The molecule has 100 valence electrons. The van der Waals surface area contributed by atoms with Gasteiger partial charge < -0.3 is 19.2 Å². The predicted molar refractivity (Wildman–Crippen MR) is 61.3 cm³/mol. The number of amides is 1. The smallest absolute Gasteiger partial charge is 0.422 e. The van der Waals surface area contributed by atoms with Crippen molar-refractivity contribution < 1.29 is 19.1 Å². The second kappa shape index (κ2) is 4.08. The van der Waals surface area contributed by atoms with Crippen LogP contribution in [-0.4, -0.2) is 32.8 Å². The molecule has 7 nitrogen and oxygen atoms in total. The van der Waals surface area contributed by atoms with Gasteiger partial charge in [0.25, 0.3) is 0 Å². The van der Waals surface area contributed by atoms with Crippen molar-refractivity contribution in [2.24, 2.45) is 0 Å². The Labute approximate surface area is 104 Å². The van der Waals surface area contributed by atoms with E-state index in [4.69, 9.17) is 4.74 Å². The first-order valence-corrected chi connectivity index (χ1v) is 5.67. The number of oxazole rings is 1. The van der Waals surface area contributed by atoms with Gasteiger partial charge in [0.05, 0.1) is 6.54 Å². The Morgan fingerprint density at radius 2 is 2.06 bits per heavy atom. The van der Waals surface area contributed by atoms with Gasteiger partial charge in [-0.15, -0.1) is 0 Å². The molecule has 0 spiro atoms. The van der Waals surface area contributed by atoms with Crippen molar-refractivity contribution in [3.8, 4) is 5.95 Å². The van der Waals surface area contributed by atoms with Crippen LogP contribution in [0.3, 0.4) is 0 Å². The van der Waals surface area contributed by atoms with E-state index >= 15 is 0 Å². The molecule has 18 heavy (non-hydrogen) atoms. The van der Waals surface area contributed by atoms with Crippen LogP contribution >= 0.6 is 0 Å². The minimum Gasteiger partial charge on any atom is -0.479 e. The first-order valence-electron chi connectivity index (χ1n) is 5.67. The van der Waals surface area contributed by atoms with Crippen molar-refractivity contribution in [2.75, 3.05) is 6.54 Å². The fourth-order valence-corrected chi connectivity index (χ4v) is 1.76. The average molecular weight is 256 g/mol. The molecule has 0 fully saturated rings. The fraction of sp³-hybridized carbons (Fsp3) is 0.636. The fourth-order valence-electron chi connectivity index (χ4n) is 1.76. The Bertz CT molecular complexity index is 523. The number of hydrogen-bond acceptors (Lipinski definition) is 5. The summed E-state index contributed by atoms with van der Waals surface area (Å²) in [5, 5.41) is 9.44. The van der Waals surface area contributed by atoms with Gasteiger partial charge in [0, 0.05) is 13.1 Å². The molecule has 0 aliphatic carbocycles. The minimum atomic E-state index is -0.605. The second-order valence-electron chi connectivity index (χ2n) is 5.17. The Balaban J connectivity index is 2.15. The molecule has 0 saturated heterocycles. The van der Waals surface area contributed by atoms with Crippen LogP contribution in [-0.2, 0) is 17.8 Å². The van der Waals surface area contributed by atoms with E-state index < -0.39 is 23.4 Å². The molecule has 1 N–H and O–H groups in total. The van der Waals surface area contributed by atoms with Gasteiger partial charge in [0.1, 0.15) is 11.3 Å². The number of aromatic nitrogens is 1. The summed E-state index contributed by atoms with van der Waals surface area (Å²) >= 11 is 0. The monoisotopic (exact) mass is 256 g/mol. The molecule has 0 atom stereocenters. The average Bonchev–Trinajstić information content (AvgIpc) is 2.52. The number of hydrogen-bond donors (Lipinski definition) is 1. The van der Waals surface area contributed by atoms with Crippen LogP contribution in [0.4, 0.5) is 4.79 Å². The molecule has 2 heterocycles. The van der Waals surface area contributed by atoms with E-state index in [1.807, 2.05) is 0 Å². The first kappa shape index (κ1) is 12.5. The summed E-state index contributed by atoms with van der Waals surface area (Å²) in [6, 6.07) is 0. The third-order valence-electron chi connectivity index (χ3n) is 2.56. The van der Waals surface area contributed by atoms with Crippen molar-refractivity contribution >= 4 is 6.09 Å². The molecular weight excluding hydrogens is 240 g/mol. The van der Waals surface area contributed by atoms with Crippen LogP contribution < -0.4 is 5.76 Å². The summed E-state index contributed by atoms with van der Waals surface area (Å²) in [7, 11) is 0. The normalized spacial score (nSPS) is 15.4. The zero-order chi connectivity index (χ0) is 13.5. The molecule has 0 saturated carbocycles. The quantitative estimate of drug-likeness (QED) is 0.745. The van der Waals surface area contributed by atoms with Gasteiger partial charge in [-0.2, -0.15) is 0 Å². The van der Waals surface area contributed by atoms with E-state index in [2.05, 4.69) is 4.42 Å². The van der Waals surface area contributed by atoms with Gasteiger partial charge in [0.2, 0.25) is 0 Å². The Hall–Kier alpha value is -1.92. The standard InChI is InChI=1S/C11H16N2O5/c1-11(2,3)18-9(15)12-4-5-13-7(6-12)8(14)17-10(13)16/h14H,4-6H2,1-3H3. The van der Waals surface area contributed by atoms with E-state index in [9.17, 15) is 14.7 Å². The lowest BCUT2D eigenvalue weighted by molar-refractivity contribution is 0.0196. The van der Waals surface area contributed by atoms with Gasteiger partial charge >= 0.3 is 17.8 Å². The molecule has 0 radical (unpaired) electrons. The molecule has 0 unspecified atom stereocenters. The lowest BCUT2D eigenvalue weighted by Crippen LogP contribution is -2.42. The number of carbonyl (C=O) groups is 1. The second-order valence-corrected chi connectivity index (χ2v) is 5.17. The SMILES string of the molecule is CC(C)(C)OC(=O)N1CCn2c(c(O)oc2=O)C1. The summed E-state index contributed by atoms with van der Waals surface area (Å²) in [6.45, 7) is 6.07. The molecular formula is C11H16N2O5. The summed E-state index contributed by atoms with van der Waals surface area (Å²) in [6.07, 6.45) is -0.471. The Morgan fingerprint density at radius 1 is 1.39 bits per heavy atom. The van der Waals surface area contributed by atoms with Crippen LogP contribution in [0.25, 0.3) is 0 Å². The van der Waals surface area contributed by atoms with Gasteiger partial charge in [-0.25, -0.2) is 9.59 Å². The number of nitrogens with zero attached hydrogens (tertiary/aromatic N) is 2. The maximum absolute atomic E-state index is 11.8. The third kappa shape index (κ3) is 2.34. The third-order valence-corrected chi connectivity index (χ3v) is 2.56. The molecule has 1 aliphatic rings. The molecule has 1 amide bonds. The van der Waals surface area contributed by atoms with E-state index in [1.165, 1.54) is 9.47 Å². The van der Waals surface area contributed by atoms with Gasteiger partial charge in [-0.05, 0) is 20.8 Å². The van der Waals surface area contributed by atoms with Crippen LogP contribution in [0.5, 0.6) is 5.95 Å². The molecule has 7 heteroatoms. The summed E-state index contributed by atoms with van der Waals surface area (Å²) in [5.74, 6) is -1.04. The number of rotatable bonds is 0. The minimum absolute atomic E-state index is 0.104. The highest BCUT2D eigenvalue weighted by molar-refractivity contribution is 5.68. The van der Waals surface area contributed by atoms with Crippen LogP contribution in [0, 0.1) is 0 Å². The molecule has 2 rings (SSSR count). The zero-order valence-electron chi connectivity index (χ0n) is 10.6. The van der Waals surface area contributed by atoms with Gasteiger partial charge in [0.15, 0.2) is 0 Å². The largest absolute Gasteiger partial charge is 0.479 e. The highest BCUT2D eigenvalue weighted by Crippen LogP contribution is 2.22. The van der Waals surface area contributed by atoms with Crippen LogP contribution in [0.15, 0.2) is 9.21 Å². The van der Waals surface area contributed by atoms with E-state index in [0.29, 0.717) is 12.2 Å². The van der Waals surface area contributed by atoms with Crippen molar-refractivity contribution in [1.82, 2.24) is 9.47 Å². The van der Waals surface area contributed by atoms with E-state index in [0.717, 1.165) is 0 Å². The molecule has 0 aromatic carbocycles. The topological polar surface area (TPSA) is 84.9 Å². The maximum atomic E-state index is 11.8. The molecule has 1 aromatic rings. The molecule has 1 aromatic heterocycles. The maximum Gasteiger partial charge on any atom is 0.422 e. The van der Waals surface area contributed by atoms with Crippen molar-refractivity contribution in [3.63, 3.8) is 0 Å². The zero-order valence-corrected chi connectivity index (χ0v) is 10.6. The van der Waals surface area contributed by atoms with Gasteiger partial charge in [-0.3, -0.25) is 4.57 Å². The molecule has 0 bridgehead atoms. The lowest BCUT2D eigenvalue weighted by Gasteiger charge is -2.29. The first-order chi connectivity index (χ1) is 8.28. The van der Waals surface area contributed by atoms with Crippen molar-refractivity contribution in [3.05, 3.63) is 16.2 Å². The predicted octanol–water partition coefficient (Wildman–Crippen LogP) is 0.898. The van der Waals surface area contributed by atoms with Crippen molar-refractivity contribution in [1.29, 1.82) is 0 Å². The van der Waals surface area contributed by atoms with E-state index in [-0.39, 0.29) is 13.1 Å². The number of carbonyl (C=O) groups excluding carboxylic acids is 1. The Kier molecular flexibility index (Phi) is 2.84. The Morgan fingerprint density at radius 3 is 2.67 bits per heavy atom. The number of aromatic hydroxyl groups is 1. The summed E-state index contributed by atoms with van der Waals surface area (Å²) in [4.78, 5) is 24.6. The van der Waals surface area contributed by atoms with Crippen molar-refractivity contribution in [2.45, 2.75) is 39.5 Å². The van der Waals surface area contributed by atoms with Crippen LogP contribution in [0.1, 0.15) is 26.5 Å². The lowest BCUT2D eigenvalue weighted by atomic mass is 10.2. The highest BCUT2D eigenvalue weighted by Gasteiger charge is 2.29.